The molecule has 1 aliphatic rings. The van der Waals surface area contributed by atoms with Crippen molar-refractivity contribution in [1.82, 2.24) is 20.4 Å². The van der Waals surface area contributed by atoms with E-state index in [1.807, 2.05) is 6.07 Å². The van der Waals surface area contributed by atoms with Gasteiger partial charge < -0.3 is 14.8 Å². The summed E-state index contributed by atoms with van der Waals surface area (Å²) in [7, 11) is -7.23. The standard InChI is InChI=1S/C23H15ClF12N6O4S/c1-39-16(42-8-11(7-40-42)10-2-3-13(24)12(6-10)17(43)41-18(9-37)4-5-18)14(19(25,26)27)15(38)46-47(44,45)23(35,36)21(30,31)20(28,29)22(32,33)34/h2-3,6-8,38-39H,4-5H2,1H3,(H,41,43)/b16-14-,38-15?. The SMILES string of the molecule is CN/C(=C(\C(=N)OS(=O)(=O)C(F)(F)C(F)(F)C(F)(F)C(F)(F)F)C(F)(F)F)n1cc(-c2ccc(Cl)c(C(=O)NC3(C#N)CC3)c2)cn1. The Hall–Kier alpha value is -4.20. The normalized spacial score (nSPS) is 16.1. The maximum Gasteiger partial charge on any atom is 0.460 e. The van der Waals surface area contributed by atoms with E-state index in [0.29, 0.717) is 26.1 Å². The second-order valence-corrected chi connectivity index (χ2v) is 11.5. The van der Waals surface area contributed by atoms with E-state index in [2.05, 4.69) is 14.6 Å². The molecule has 0 spiro atoms. The van der Waals surface area contributed by atoms with Crippen molar-refractivity contribution in [3.63, 3.8) is 0 Å². The van der Waals surface area contributed by atoms with E-state index < -0.39 is 68.3 Å². The van der Waals surface area contributed by atoms with E-state index in [9.17, 15) is 71.2 Å². The van der Waals surface area contributed by atoms with Crippen molar-refractivity contribution in [3.8, 4) is 17.2 Å². The highest BCUT2D eigenvalue weighted by Crippen LogP contribution is 2.55. The third kappa shape index (κ3) is 6.65. The van der Waals surface area contributed by atoms with E-state index in [-0.39, 0.29) is 26.4 Å². The summed E-state index contributed by atoms with van der Waals surface area (Å²) in [5, 5.41) is 16.6. The van der Waals surface area contributed by atoms with Crippen LogP contribution in [0.1, 0.15) is 23.2 Å². The van der Waals surface area contributed by atoms with E-state index in [0.717, 1.165) is 12.3 Å². The number of nitrogens with zero attached hydrogens (tertiary/aromatic N) is 3. The maximum absolute atomic E-state index is 14.0. The quantitative estimate of drug-likeness (QED) is 0.123. The lowest BCUT2D eigenvalue weighted by molar-refractivity contribution is -0.382. The fraction of sp³-hybridized carbons (Fsp3) is 0.391. The Morgan fingerprint density at radius 2 is 1.62 bits per heavy atom. The first kappa shape index (κ1) is 37.3. The summed E-state index contributed by atoms with van der Waals surface area (Å²) in [5.41, 5.74) is -4.12. The van der Waals surface area contributed by atoms with Crippen LogP contribution in [-0.4, -0.2) is 72.0 Å². The predicted octanol–water partition coefficient (Wildman–Crippen LogP) is 5.69. The molecule has 2 aromatic rings. The molecule has 0 atom stereocenters. The molecule has 1 aliphatic carbocycles. The molecule has 10 nitrogen and oxygen atoms in total. The zero-order chi connectivity index (χ0) is 36.2. The minimum atomic E-state index is -7.90. The van der Waals surface area contributed by atoms with Gasteiger partial charge in [0.25, 0.3) is 5.91 Å². The van der Waals surface area contributed by atoms with Crippen LogP contribution >= 0.6 is 11.6 Å². The number of rotatable bonds is 10. The molecule has 24 heteroatoms. The number of nitriles is 1. The molecular formula is C23H15ClF12N6O4S. The molecule has 1 fully saturated rings. The second-order valence-electron chi connectivity index (χ2n) is 9.52. The van der Waals surface area contributed by atoms with Gasteiger partial charge in [0.15, 0.2) is 5.57 Å². The Morgan fingerprint density at radius 3 is 2.09 bits per heavy atom. The Labute approximate surface area is 259 Å². The molecule has 0 unspecified atom stereocenters. The molecule has 47 heavy (non-hydrogen) atoms. The molecule has 0 radical (unpaired) electrons. The molecule has 1 amide bonds. The van der Waals surface area contributed by atoms with Crippen LogP contribution in [0.4, 0.5) is 52.7 Å². The first-order valence-electron chi connectivity index (χ1n) is 12.0. The van der Waals surface area contributed by atoms with Gasteiger partial charge in [-0.15, -0.1) is 0 Å². The highest BCUT2D eigenvalue weighted by molar-refractivity contribution is 7.88. The van der Waals surface area contributed by atoms with Crippen LogP contribution in [0.3, 0.4) is 0 Å². The average Bonchev–Trinajstić information content (AvgIpc) is 3.53. The molecular weight excluding hydrogens is 720 g/mol. The lowest BCUT2D eigenvalue weighted by Crippen LogP contribution is -2.63. The third-order valence-corrected chi connectivity index (χ3v) is 7.88. The summed E-state index contributed by atoms with van der Waals surface area (Å²) in [6.45, 7) is 0. The molecule has 1 aromatic heterocycles. The zero-order valence-electron chi connectivity index (χ0n) is 22.6. The molecule has 258 valence electrons. The van der Waals surface area contributed by atoms with Crippen LogP contribution in [0, 0.1) is 16.7 Å². The second kappa shape index (κ2) is 11.8. The van der Waals surface area contributed by atoms with Crippen LogP contribution in [0.25, 0.3) is 16.9 Å². The molecule has 1 aromatic carbocycles. The smallest absolute Gasteiger partial charge is 0.372 e. The van der Waals surface area contributed by atoms with Crippen molar-refractivity contribution in [1.29, 1.82) is 10.7 Å². The van der Waals surface area contributed by atoms with E-state index in [1.54, 1.807) is 5.32 Å². The fourth-order valence-electron chi connectivity index (χ4n) is 3.59. The third-order valence-electron chi connectivity index (χ3n) is 6.28. The van der Waals surface area contributed by atoms with Crippen molar-refractivity contribution < 1.29 is 70.1 Å². The molecule has 1 saturated carbocycles. The summed E-state index contributed by atoms with van der Waals surface area (Å²) in [4.78, 5) is 12.7. The number of amides is 1. The number of aromatic nitrogens is 2. The highest BCUT2D eigenvalue weighted by Gasteiger charge is 2.86. The number of halogens is 13. The summed E-state index contributed by atoms with van der Waals surface area (Å²) >= 11 is 6.04. The van der Waals surface area contributed by atoms with E-state index >= 15 is 0 Å². The average molecular weight is 735 g/mol. The van der Waals surface area contributed by atoms with Gasteiger partial charge in [0.2, 0.25) is 5.90 Å². The number of carbonyl (C=O) groups excluding carboxylic acids is 1. The Balaban J connectivity index is 2.04. The van der Waals surface area contributed by atoms with E-state index in [1.165, 1.54) is 12.1 Å². The Bertz CT molecular complexity index is 1780. The minimum Gasteiger partial charge on any atom is -0.372 e. The molecule has 0 saturated heterocycles. The van der Waals surface area contributed by atoms with Gasteiger partial charge in [-0.1, -0.05) is 17.7 Å². The van der Waals surface area contributed by atoms with Crippen LogP contribution in [0.5, 0.6) is 0 Å². The molecule has 0 bridgehead atoms. The van der Waals surface area contributed by atoms with Crippen molar-refractivity contribution in [2.45, 2.75) is 47.8 Å². The summed E-state index contributed by atoms with van der Waals surface area (Å²) < 4.78 is 188. The maximum atomic E-state index is 14.0. The number of alkyl halides is 12. The van der Waals surface area contributed by atoms with Gasteiger partial charge in [-0.25, -0.2) is 4.68 Å². The van der Waals surface area contributed by atoms with Crippen LogP contribution in [0.2, 0.25) is 5.02 Å². The van der Waals surface area contributed by atoms with Gasteiger partial charge in [-0.2, -0.15) is 71.5 Å². The van der Waals surface area contributed by atoms with Crippen molar-refractivity contribution in [2.75, 3.05) is 7.05 Å². The molecule has 1 heterocycles. The van der Waals surface area contributed by atoms with Gasteiger partial charge in [-0.3, -0.25) is 10.2 Å². The summed E-state index contributed by atoms with van der Waals surface area (Å²) in [5.74, 6) is -20.9. The van der Waals surface area contributed by atoms with Crippen molar-refractivity contribution >= 4 is 39.3 Å². The lowest BCUT2D eigenvalue weighted by atomic mass is 10.1. The first-order chi connectivity index (χ1) is 21.2. The van der Waals surface area contributed by atoms with Gasteiger partial charge in [0, 0.05) is 18.8 Å². The summed E-state index contributed by atoms with van der Waals surface area (Å²) in [6.07, 6.45) is -11.2. The van der Waals surface area contributed by atoms with Gasteiger partial charge in [-0.05, 0) is 30.5 Å². The number of benzene rings is 1. The van der Waals surface area contributed by atoms with E-state index in [4.69, 9.17) is 17.0 Å². The Kier molecular flexibility index (Phi) is 9.35. The van der Waals surface area contributed by atoms with Crippen molar-refractivity contribution in [3.05, 3.63) is 46.8 Å². The monoisotopic (exact) mass is 734 g/mol. The topological polar surface area (TPSA) is 150 Å². The van der Waals surface area contributed by atoms with Crippen molar-refractivity contribution in [2.24, 2.45) is 0 Å². The first-order valence-corrected chi connectivity index (χ1v) is 13.8. The van der Waals surface area contributed by atoms with Gasteiger partial charge >= 0.3 is 39.6 Å². The largest absolute Gasteiger partial charge is 0.460 e. The lowest BCUT2D eigenvalue weighted by Gasteiger charge is -2.32. The number of hydrogen-bond acceptors (Lipinski definition) is 8. The zero-order valence-corrected chi connectivity index (χ0v) is 24.2. The summed E-state index contributed by atoms with van der Waals surface area (Å²) in [6, 6.07) is 5.44. The van der Waals surface area contributed by atoms with Gasteiger partial charge in [0.05, 0.1) is 22.9 Å². The van der Waals surface area contributed by atoms with Gasteiger partial charge in [0.1, 0.15) is 11.4 Å². The molecule has 0 aliphatic heterocycles. The highest BCUT2D eigenvalue weighted by atomic mass is 35.5. The number of nitrogens with one attached hydrogen (secondary N) is 3. The van der Waals surface area contributed by atoms with Crippen LogP contribution in [-0.2, 0) is 14.3 Å². The fourth-order valence-corrected chi connectivity index (χ4v) is 4.65. The number of hydrogen-bond donors (Lipinski definition) is 3. The van der Waals surface area contributed by atoms with Crippen LogP contribution in [0.15, 0.2) is 36.2 Å². The number of carbonyl (C=O) groups is 1. The Morgan fingerprint density at radius 1 is 1.04 bits per heavy atom. The van der Waals surface area contributed by atoms with Crippen LogP contribution < -0.4 is 10.6 Å². The molecule has 3 rings (SSSR count). The predicted molar refractivity (Wildman–Crippen MR) is 135 cm³/mol. The molecule has 3 N–H and O–H groups in total. The minimum absolute atomic E-state index is 0.0259.